The maximum Gasteiger partial charge on any atom is 0.310 e. The van der Waals surface area contributed by atoms with Crippen molar-refractivity contribution in [3.05, 3.63) is 21.9 Å². The van der Waals surface area contributed by atoms with E-state index in [0.29, 0.717) is 11.2 Å². The zero-order chi connectivity index (χ0) is 13.7. The highest BCUT2D eigenvalue weighted by Gasteiger charge is 2.35. The van der Waals surface area contributed by atoms with Gasteiger partial charge >= 0.3 is 5.97 Å². The van der Waals surface area contributed by atoms with E-state index in [0.717, 1.165) is 18.0 Å². The van der Waals surface area contributed by atoms with Crippen molar-refractivity contribution in [2.75, 3.05) is 19.9 Å². The zero-order valence-electron chi connectivity index (χ0n) is 11.5. The number of esters is 1. The van der Waals surface area contributed by atoms with E-state index in [1.54, 1.807) is 11.3 Å². The number of ether oxygens (including phenoxy) is 1. The van der Waals surface area contributed by atoms with E-state index < -0.39 is 0 Å². The monoisotopic (exact) mass is 299 g/mol. The van der Waals surface area contributed by atoms with Crippen LogP contribution in [0.15, 0.2) is 12.1 Å². The van der Waals surface area contributed by atoms with Crippen LogP contribution in [0, 0.1) is 0 Å². The first-order valence-corrected chi connectivity index (χ1v) is 8.62. The Kier molecular flexibility index (Phi) is 5.30. The minimum absolute atomic E-state index is 0.169. The molecular weight excluding hydrogens is 278 g/mol. The summed E-state index contributed by atoms with van der Waals surface area (Å²) >= 11 is 3.68. The second-order valence-electron chi connectivity index (χ2n) is 4.97. The van der Waals surface area contributed by atoms with E-state index in [4.69, 9.17) is 0 Å². The molecule has 1 aromatic rings. The number of carbonyl (C=O) groups is 1. The molecule has 1 heterocycles. The predicted molar refractivity (Wildman–Crippen MR) is 81.8 cm³/mol. The molecule has 0 spiro atoms. The van der Waals surface area contributed by atoms with Crippen LogP contribution in [0.2, 0.25) is 0 Å². The third-order valence-electron chi connectivity index (χ3n) is 3.71. The molecule has 0 amide bonds. The van der Waals surface area contributed by atoms with Gasteiger partial charge in [0.15, 0.2) is 0 Å². The molecule has 0 aliphatic heterocycles. The lowest BCUT2D eigenvalue weighted by molar-refractivity contribution is -0.139. The molecule has 1 aromatic heterocycles. The summed E-state index contributed by atoms with van der Waals surface area (Å²) < 4.78 is 5.15. The highest BCUT2D eigenvalue weighted by Crippen LogP contribution is 2.42. The summed E-state index contributed by atoms with van der Waals surface area (Å²) in [7, 11) is 1.43. The Balaban J connectivity index is 1.75. The molecule has 1 aliphatic rings. The smallest absolute Gasteiger partial charge is 0.310 e. The van der Waals surface area contributed by atoms with Gasteiger partial charge in [-0.3, -0.25) is 4.79 Å². The molecule has 0 saturated heterocycles. The summed E-state index contributed by atoms with van der Waals surface area (Å²) in [5, 5.41) is 3.55. The Hall–Kier alpha value is -0.520. The minimum atomic E-state index is -0.169. The quantitative estimate of drug-likeness (QED) is 0.786. The molecule has 3 nitrogen and oxygen atoms in total. The van der Waals surface area contributed by atoms with Gasteiger partial charge in [0.2, 0.25) is 0 Å². The van der Waals surface area contributed by atoms with Gasteiger partial charge in [-0.05, 0) is 31.2 Å². The lowest BCUT2D eigenvalue weighted by atomic mass is 9.84. The SMILES string of the molecule is COC(=O)Cc1ccc(CNCC2(SC)CCC2)s1. The summed E-state index contributed by atoms with van der Waals surface area (Å²) in [5.74, 6) is -0.169. The van der Waals surface area contributed by atoms with Crippen molar-refractivity contribution >= 4 is 29.1 Å². The lowest BCUT2D eigenvalue weighted by Gasteiger charge is -2.40. The van der Waals surface area contributed by atoms with Crippen molar-refractivity contribution in [3.8, 4) is 0 Å². The van der Waals surface area contributed by atoms with Crippen LogP contribution in [-0.2, 0) is 22.5 Å². The number of rotatable bonds is 7. The molecule has 0 unspecified atom stereocenters. The van der Waals surface area contributed by atoms with Gasteiger partial charge in [-0.1, -0.05) is 6.42 Å². The standard InChI is InChI=1S/C14H21NO2S2/c1-17-13(16)8-11-4-5-12(19-11)9-15-10-14(18-2)6-3-7-14/h4-5,15H,3,6-10H2,1-2H3. The van der Waals surface area contributed by atoms with E-state index in [1.807, 2.05) is 17.8 Å². The first-order valence-electron chi connectivity index (χ1n) is 6.58. The molecule has 0 atom stereocenters. The van der Waals surface area contributed by atoms with Gasteiger partial charge in [0.1, 0.15) is 0 Å². The van der Waals surface area contributed by atoms with Crippen LogP contribution in [0.3, 0.4) is 0 Å². The highest BCUT2D eigenvalue weighted by atomic mass is 32.2. The average Bonchev–Trinajstić information content (AvgIpc) is 2.80. The lowest BCUT2D eigenvalue weighted by Crippen LogP contribution is -2.43. The molecule has 1 saturated carbocycles. The summed E-state index contributed by atoms with van der Waals surface area (Å²) in [6.45, 7) is 1.98. The maximum absolute atomic E-state index is 11.2. The predicted octanol–water partition coefficient (Wildman–Crippen LogP) is 2.84. The number of thioether (sulfide) groups is 1. The number of thiophene rings is 1. The highest BCUT2D eigenvalue weighted by molar-refractivity contribution is 8.00. The fourth-order valence-corrected chi connectivity index (χ4v) is 4.18. The van der Waals surface area contributed by atoms with Gasteiger partial charge in [-0.2, -0.15) is 11.8 Å². The fraction of sp³-hybridized carbons (Fsp3) is 0.643. The van der Waals surface area contributed by atoms with Crippen LogP contribution in [0.25, 0.3) is 0 Å². The zero-order valence-corrected chi connectivity index (χ0v) is 13.2. The van der Waals surface area contributed by atoms with E-state index >= 15 is 0 Å². The molecule has 106 valence electrons. The molecular formula is C14H21NO2S2. The van der Waals surface area contributed by atoms with Crippen LogP contribution >= 0.6 is 23.1 Å². The Bertz CT molecular complexity index is 421. The number of hydrogen-bond acceptors (Lipinski definition) is 5. The van der Waals surface area contributed by atoms with Gasteiger partial charge in [0, 0.05) is 27.6 Å². The summed E-state index contributed by atoms with van der Waals surface area (Å²) in [6.07, 6.45) is 6.62. The van der Waals surface area contributed by atoms with E-state index in [1.165, 1.54) is 31.2 Å². The van der Waals surface area contributed by atoms with Crippen molar-refractivity contribution < 1.29 is 9.53 Å². The van der Waals surface area contributed by atoms with Crippen molar-refractivity contribution in [1.29, 1.82) is 0 Å². The minimum Gasteiger partial charge on any atom is -0.469 e. The number of carbonyl (C=O) groups excluding carboxylic acids is 1. The van der Waals surface area contributed by atoms with Crippen molar-refractivity contribution in [3.63, 3.8) is 0 Å². The van der Waals surface area contributed by atoms with Crippen LogP contribution < -0.4 is 5.32 Å². The van der Waals surface area contributed by atoms with Gasteiger partial charge in [0.05, 0.1) is 13.5 Å². The van der Waals surface area contributed by atoms with E-state index in [9.17, 15) is 4.79 Å². The Morgan fingerprint density at radius 3 is 2.79 bits per heavy atom. The van der Waals surface area contributed by atoms with Crippen LogP contribution in [0.1, 0.15) is 29.0 Å². The Labute approximate surface area is 123 Å². The van der Waals surface area contributed by atoms with Crippen molar-refractivity contribution in [1.82, 2.24) is 5.32 Å². The van der Waals surface area contributed by atoms with E-state index in [-0.39, 0.29) is 5.97 Å². The number of nitrogens with one attached hydrogen (secondary N) is 1. The first kappa shape index (κ1) is 14.9. The molecule has 2 rings (SSSR count). The van der Waals surface area contributed by atoms with Gasteiger partial charge < -0.3 is 10.1 Å². The Morgan fingerprint density at radius 1 is 1.47 bits per heavy atom. The first-order chi connectivity index (χ1) is 9.17. The van der Waals surface area contributed by atoms with Gasteiger partial charge in [0.25, 0.3) is 0 Å². The molecule has 1 N–H and O–H groups in total. The van der Waals surface area contributed by atoms with Gasteiger partial charge in [-0.15, -0.1) is 11.3 Å². The number of methoxy groups -OCH3 is 1. The fourth-order valence-electron chi connectivity index (χ4n) is 2.26. The van der Waals surface area contributed by atoms with Crippen LogP contribution in [-0.4, -0.2) is 30.6 Å². The van der Waals surface area contributed by atoms with E-state index in [2.05, 4.69) is 22.4 Å². The summed E-state index contributed by atoms with van der Waals surface area (Å²) in [4.78, 5) is 13.5. The number of hydrogen-bond donors (Lipinski definition) is 1. The second-order valence-corrected chi connectivity index (χ2v) is 7.49. The maximum atomic E-state index is 11.2. The molecule has 0 radical (unpaired) electrons. The normalized spacial score (nSPS) is 16.9. The summed E-state index contributed by atoms with van der Waals surface area (Å²) in [5.41, 5.74) is 0. The Morgan fingerprint density at radius 2 is 2.21 bits per heavy atom. The molecule has 0 bridgehead atoms. The average molecular weight is 299 g/mol. The third kappa shape index (κ3) is 3.97. The van der Waals surface area contributed by atoms with Crippen molar-refractivity contribution in [2.45, 2.75) is 37.0 Å². The third-order valence-corrected chi connectivity index (χ3v) is 6.21. The summed E-state index contributed by atoms with van der Waals surface area (Å²) in [6, 6.07) is 4.12. The molecule has 0 aromatic carbocycles. The second kappa shape index (κ2) is 6.77. The molecule has 1 fully saturated rings. The molecule has 1 aliphatic carbocycles. The molecule has 19 heavy (non-hydrogen) atoms. The topological polar surface area (TPSA) is 38.3 Å². The van der Waals surface area contributed by atoms with Crippen LogP contribution in [0.5, 0.6) is 0 Å². The van der Waals surface area contributed by atoms with Crippen molar-refractivity contribution in [2.24, 2.45) is 0 Å². The van der Waals surface area contributed by atoms with Gasteiger partial charge in [-0.25, -0.2) is 0 Å². The van der Waals surface area contributed by atoms with Crippen LogP contribution in [0.4, 0.5) is 0 Å². The largest absolute Gasteiger partial charge is 0.469 e. The molecule has 5 heteroatoms.